The largest absolute Gasteiger partial charge is 0.378 e. The topological polar surface area (TPSA) is 66.5 Å². The third kappa shape index (κ3) is 4.96. The summed E-state index contributed by atoms with van der Waals surface area (Å²) in [6.07, 6.45) is 0.160. The Morgan fingerprint density at radius 3 is 2.44 bits per heavy atom. The summed E-state index contributed by atoms with van der Waals surface area (Å²) in [6.45, 7) is 0.0112. The van der Waals surface area contributed by atoms with Gasteiger partial charge in [-0.25, -0.2) is 8.42 Å². The van der Waals surface area contributed by atoms with E-state index in [0.717, 1.165) is 5.69 Å². The van der Waals surface area contributed by atoms with Crippen molar-refractivity contribution in [1.82, 2.24) is 5.32 Å². The van der Waals surface area contributed by atoms with Crippen molar-refractivity contribution in [2.45, 2.75) is 15.9 Å². The Bertz CT molecular complexity index is 788. The standard InChI is InChI=1S/C17H21ClN2O3S2/c1-20(2)14-7-5-13(6-8-14)15(12-19-16(21)9-10-18)25(22,23)17-4-3-11-24-17/h3-8,11,15H,9-10,12H2,1-2H3,(H,19,21)/t15-/m0/s1. The van der Waals surface area contributed by atoms with E-state index in [1.165, 1.54) is 11.3 Å². The van der Waals surface area contributed by atoms with Crippen LogP contribution in [0.2, 0.25) is 0 Å². The van der Waals surface area contributed by atoms with Gasteiger partial charge in [0, 0.05) is 38.6 Å². The lowest BCUT2D eigenvalue weighted by Gasteiger charge is -2.19. The molecule has 0 fully saturated rings. The van der Waals surface area contributed by atoms with Crippen LogP contribution in [-0.2, 0) is 14.6 Å². The van der Waals surface area contributed by atoms with E-state index in [1.54, 1.807) is 29.6 Å². The molecule has 0 spiro atoms. The smallest absolute Gasteiger partial charge is 0.221 e. The molecule has 0 aliphatic rings. The molecule has 2 aromatic rings. The van der Waals surface area contributed by atoms with Crippen LogP contribution in [0.25, 0.3) is 0 Å². The van der Waals surface area contributed by atoms with Crippen molar-refractivity contribution in [3.63, 3.8) is 0 Å². The maximum absolute atomic E-state index is 13.0. The molecule has 0 aliphatic heterocycles. The van der Waals surface area contributed by atoms with Gasteiger partial charge in [0.25, 0.3) is 0 Å². The summed E-state index contributed by atoms with van der Waals surface area (Å²) >= 11 is 6.74. The minimum atomic E-state index is -3.60. The molecule has 1 N–H and O–H groups in total. The zero-order valence-corrected chi connectivity index (χ0v) is 16.5. The first-order valence-electron chi connectivity index (χ1n) is 7.73. The molecule has 1 amide bonds. The lowest BCUT2D eigenvalue weighted by molar-refractivity contribution is -0.120. The molecule has 1 heterocycles. The van der Waals surface area contributed by atoms with Gasteiger partial charge in [0.05, 0.1) is 0 Å². The molecule has 5 nitrogen and oxygen atoms in total. The van der Waals surface area contributed by atoms with Gasteiger partial charge in [-0.1, -0.05) is 18.2 Å². The number of halogens is 1. The molecule has 25 heavy (non-hydrogen) atoms. The molecule has 0 saturated heterocycles. The number of amides is 1. The third-order valence-corrected chi connectivity index (χ3v) is 7.46. The van der Waals surface area contributed by atoms with E-state index >= 15 is 0 Å². The highest BCUT2D eigenvalue weighted by molar-refractivity contribution is 7.93. The highest BCUT2D eigenvalue weighted by atomic mass is 35.5. The number of benzene rings is 1. The van der Waals surface area contributed by atoms with Crippen molar-refractivity contribution in [3.8, 4) is 0 Å². The average Bonchev–Trinajstić information content (AvgIpc) is 3.11. The fraction of sp³-hybridized carbons (Fsp3) is 0.353. The van der Waals surface area contributed by atoms with Crippen LogP contribution in [0.5, 0.6) is 0 Å². The van der Waals surface area contributed by atoms with Crippen LogP contribution < -0.4 is 10.2 Å². The number of anilines is 1. The van der Waals surface area contributed by atoms with Gasteiger partial charge in [-0.15, -0.1) is 22.9 Å². The van der Waals surface area contributed by atoms with Crippen LogP contribution in [0.1, 0.15) is 17.2 Å². The predicted octanol–water partition coefficient (Wildman–Crippen LogP) is 3.07. The highest BCUT2D eigenvalue weighted by Crippen LogP contribution is 2.32. The summed E-state index contributed by atoms with van der Waals surface area (Å²) in [5.41, 5.74) is 1.62. The number of sulfone groups is 1. The van der Waals surface area contributed by atoms with Crippen molar-refractivity contribution >= 4 is 44.4 Å². The third-order valence-electron chi connectivity index (χ3n) is 3.74. The maximum atomic E-state index is 13.0. The lowest BCUT2D eigenvalue weighted by atomic mass is 10.1. The summed E-state index contributed by atoms with van der Waals surface area (Å²) in [4.78, 5) is 13.7. The number of nitrogens with one attached hydrogen (secondary N) is 1. The monoisotopic (exact) mass is 400 g/mol. The molecule has 8 heteroatoms. The zero-order chi connectivity index (χ0) is 18.4. The number of hydrogen-bond donors (Lipinski definition) is 1. The molecule has 2 rings (SSSR count). The molecule has 0 saturated carbocycles. The minimum absolute atomic E-state index is 0.0112. The van der Waals surface area contributed by atoms with Crippen molar-refractivity contribution in [1.29, 1.82) is 0 Å². The summed E-state index contributed by atoms with van der Waals surface area (Å²) < 4.78 is 26.3. The number of thiophene rings is 1. The number of hydrogen-bond acceptors (Lipinski definition) is 5. The summed E-state index contributed by atoms with van der Waals surface area (Å²) in [6, 6.07) is 10.6. The minimum Gasteiger partial charge on any atom is -0.378 e. The first-order chi connectivity index (χ1) is 11.9. The van der Waals surface area contributed by atoms with Crippen LogP contribution in [0.3, 0.4) is 0 Å². The van der Waals surface area contributed by atoms with Gasteiger partial charge < -0.3 is 10.2 Å². The Balaban J connectivity index is 2.33. The maximum Gasteiger partial charge on any atom is 0.221 e. The van der Waals surface area contributed by atoms with Crippen molar-refractivity contribution in [2.24, 2.45) is 0 Å². The second kappa shape index (κ2) is 8.69. The quantitative estimate of drug-likeness (QED) is 0.691. The lowest BCUT2D eigenvalue weighted by Crippen LogP contribution is -2.31. The van der Waals surface area contributed by atoms with E-state index in [2.05, 4.69) is 5.32 Å². The molecule has 0 aliphatic carbocycles. The number of nitrogens with zero attached hydrogens (tertiary/aromatic N) is 1. The normalized spacial score (nSPS) is 12.6. The van der Waals surface area contributed by atoms with Crippen LogP contribution in [0, 0.1) is 0 Å². The first kappa shape index (κ1) is 19.8. The van der Waals surface area contributed by atoms with E-state index in [-0.39, 0.29) is 24.8 Å². The average molecular weight is 401 g/mol. The van der Waals surface area contributed by atoms with Gasteiger partial charge in [-0.05, 0) is 29.1 Å². The molecular formula is C17H21ClN2O3S2. The van der Waals surface area contributed by atoms with Gasteiger partial charge in [0.1, 0.15) is 9.46 Å². The van der Waals surface area contributed by atoms with Crippen LogP contribution in [0.15, 0.2) is 46.0 Å². The second-order valence-electron chi connectivity index (χ2n) is 5.69. The van der Waals surface area contributed by atoms with Gasteiger partial charge in [-0.2, -0.15) is 0 Å². The van der Waals surface area contributed by atoms with Gasteiger partial charge in [0.2, 0.25) is 5.91 Å². The number of carbonyl (C=O) groups excluding carboxylic acids is 1. The molecule has 136 valence electrons. The van der Waals surface area contributed by atoms with Crippen molar-refractivity contribution in [2.75, 3.05) is 31.4 Å². The van der Waals surface area contributed by atoms with Crippen molar-refractivity contribution < 1.29 is 13.2 Å². The van der Waals surface area contributed by atoms with Gasteiger partial charge in [0.15, 0.2) is 9.84 Å². The molecule has 0 unspecified atom stereocenters. The molecular weight excluding hydrogens is 380 g/mol. The number of alkyl halides is 1. The fourth-order valence-corrected chi connectivity index (χ4v) is 5.38. The van der Waals surface area contributed by atoms with Gasteiger partial charge in [-0.3, -0.25) is 4.79 Å². The van der Waals surface area contributed by atoms with Crippen LogP contribution >= 0.6 is 22.9 Å². The molecule has 1 aromatic carbocycles. The molecule has 1 atom stereocenters. The Morgan fingerprint density at radius 2 is 1.92 bits per heavy atom. The van der Waals surface area contributed by atoms with E-state index < -0.39 is 15.1 Å². The van der Waals surface area contributed by atoms with E-state index in [9.17, 15) is 13.2 Å². The summed E-state index contributed by atoms with van der Waals surface area (Å²) in [5.74, 6) is -0.0580. The van der Waals surface area contributed by atoms with E-state index in [4.69, 9.17) is 11.6 Å². The second-order valence-corrected chi connectivity index (χ2v) is 9.38. The van der Waals surface area contributed by atoms with E-state index in [0.29, 0.717) is 9.77 Å². The van der Waals surface area contributed by atoms with Gasteiger partial charge >= 0.3 is 0 Å². The van der Waals surface area contributed by atoms with Crippen LogP contribution in [0.4, 0.5) is 5.69 Å². The fourth-order valence-electron chi connectivity index (χ4n) is 2.34. The number of carbonyl (C=O) groups is 1. The zero-order valence-electron chi connectivity index (χ0n) is 14.1. The predicted molar refractivity (Wildman–Crippen MR) is 103 cm³/mol. The molecule has 0 bridgehead atoms. The summed E-state index contributed by atoms with van der Waals surface area (Å²) in [5, 5.41) is 3.56. The Morgan fingerprint density at radius 1 is 1.24 bits per heavy atom. The molecule has 1 aromatic heterocycles. The summed E-state index contributed by atoms with van der Waals surface area (Å²) in [7, 11) is 0.239. The number of rotatable bonds is 8. The van der Waals surface area contributed by atoms with Crippen LogP contribution in [-0.4, -0.2) is 40.8 Å². The molecule has 0 radical (unpaired) electrons. The van der Waals surface area contributed by atoms with E-state index in [1.807, 2.05) is 31.1 Å². The Labute approximate surface area is 157 Å². The van der Waals surface area contributed by atoms with Crippen molar-refractivity contribution in [3.05, 3.63) is 47.3 Å². The SMILES string of the molecule is CN(C)c1ccc([C@H](CNC(=O)CCCl)S(=O)(=O)c2cccs2)cc1. The highest BCUT2D eigenvalue weighted by Gasteiger charge is 2.30. The Kier molecular flexibility index (Phi) is 6.87. The Hall–Kier alpha value is -1.57. The first-order valence-corrected chi connectivity index (χ1v) is 10.7.